The van der Waals surface area contributed by atoms with Crippen LogP contribution in [0, 0.1) is 0 Å². The summed E-state index contributed by atoms with van der Waals surface area (Å²) < 4.78 is 4.92. The standard InChI is InChI=1S/C14H17N5O2/c1-21-9-8-16-13-6-5-12(18-19-13)14(20)17-10-11-4-2-3-7-15-11/h2-7H,8-10H2,1H3,(H,16,19)(H,17,20). The maximum Gasteiger partial charge on any atom is 0.272 e. The maximum atomic E-state index is 11.9. The largest absolute Gasteiger partial charge is 0.383 e. The topological polar surface area (TPSA) is 89.0 Å². The lowest BCUT2D eigenvalue weighted by Crippen LogP contribution is -2.24. The molecular weight excluding hydrogens is 270 g/mol. The first-order valence-electron chi connectivity index (χ1n) is 6.54. The predicted molar refractivity (Wildman–Crippen MR) is 77.8 cm³/mol. The lowest BCUT2D eigenvalue weighted by atomic mass is 10.3. The lowest BCUT2D eigenvalue weighted by Gasteiger charge is -2.06. The van der Waals surface area contributed by atoms with E-state index in [1.807, 2.05) is 18.2 Å². The van der Waals surface area contributed by atoms with Crippen LogP contribution < -0.4 is 10.6 Å². The Bertz CT molecular complexity index is 559. The summed E-state index contributed by atoms with van der Waals surface area (Å²) in [5, 5.41) is 13.6. The third-order valence-electron chi connectivity index (χ3n) is 2.67. The van der Waals surface area contributed by atoms with E-state index in [4.69, 9.17) is 4.74 Å². The van der Waals surface area contributed by atoms with Crippen LogP contribution in [-0.2, 0) is 11.3 Å². The molecule has 0 bridgehead atoms. The van der Waals surface area contributed by atoms with Crippen molar-refractivity contribution in [1.82, 2.24) is 20.5 Å². The van der Waals surface area contributed by atoms with Crippen LogP contribution in [0.4, 0.5) is 5.82 Å². The highest BCUT2D eigenvalue weighted by Crippen LogP contribution is 2.02. The van der Waals surface area contributed by atoms with Gasteiger partial charge in [0.25, 0.3) is 5.91 Å². The van der Waals surface area contributed by atoms with Gasteiger partial charge in [-0.3, -0.25) is 9.78 Å². The molecule has 0 aliphatic carbocycles. The zero-order valence-corrected chi connectivity index (χ0v) is 11.7. The summed E-state index contributed by atoms with van der Waals surface area (Å²) in [6.45, 7) is 1.57. The van der Waals surface area contributed by atoms with Crippen molar-refractivity contribution in [1.29, 1.82) is 0 Å². The maximum absolute atomic E-state index is 11.9. The van der Waals surface area contributed by atoms with Crippen molar-refractivity contribution < 1.29 is 9.53 Å². The fraction of sp³-hybridized carbons (Fsp3) is 0.286. The number of nitrogens with zero attached hydrogens (tertiary/aromatic N) is 3. The average Bonchev–Trinajstić information content (AvgIpc) is 2.54. The summed E-state index contributed by atoms with van der Waals surface area (Å²) in [5.41, 5.74) is 1.06. The molecule has 0 fully saturated rings. The Hall–Kier alpha value is -2.54. The van der Waals surface area contributed by atoms with Crippen molar-refractivity contribution >= 4 is 11.7 Å². The summed E-state index contributed by atoms with van der Waals surface area (Å²) in [5.74, 6) is 0.324. The van der Waals surface area contributed by atoms with E-state index in [1.54, 1.807) is 25.4 Å². The van der Waals surface area contributed by atoms with Gasteiger partial charge in [0, 0.05) is 19.9 Å². The molecule has 7 heteroatoms. The SMILES string of the molecule is COCCNc1ccc(C(=O)NCc2ccccn2)nn1. The van der Waals surface area contributed by atoms with E-state index in [9.17, 15) is 4.79 Å². The minimum Gasteiger partial charge on any atom is -0.383 e. The number of amides is 1. The fourth-order valence-electron chi connectivity index (χ4n) is 1.59. The molecule has 2 rings (SSSR count). The molecule has 21 heavy (non-hydrogen) atoms. The molecule has 7 nitrogen and oxygen atoms in total. The summed E-state index contributed by atoms with van der Waals surface area (Å²) in [4.78, 5) is 16.0. The molecule has 2 N–H and O–H groups in total. The normalized spacial score (nSPS) is 10.1. The first kappa shape index (κ1) is 14.9. The molecular formula is C14H17N5O2. The zero-order valence-electron chi connectivity index (χ0n) is 11.7. The Kier molecular flexibility index (Phi) is 5.60. The molecule has 2 aromatic rings. The highest BCUT2D eigenvalue weighted by atomic mass is 16.5. The Morgan fingerprint density at radius 1 is 1.24 bits per heavy atom. The van der Waals surface area contributed by atoms with Crippen LogP contribution in [0.2, 0.25) is 0 Å². The van der Waals surface area contributed by atoms with Crippen LogP contribution in [0.3, 0.4) is 0 Å². The number of hydrogen-bond donors (Lipinski definition) is 2. The summed E-state index contributed by atoms with van der Waals surface area (Å²) in [6, 6.07) is 8.86. The van der Waals surface area contributed by atoms with Gasteiger partial charge < -0.3 is 15.4 Å². The number of hydrogen-bond acceptors (Lipinski definition) is 6. The Morgan fingerprint density at radius 3 is 2.81 bits per heavy atom. The summed E-state index contributed by atoms with van der Waals surface area (Å²) in [7, 11) is 1.63. The van der Waals surface area contributed by atoms with Gasteiger partial charge in [-0.2, -0.15) is 0 Å². The molecule has 0 saturated carbocycles. The van der Waals surface area contributed by atoms with Crippen molar-refractivity contribution in [2.45, 2.75) is 6.54 Å². The fourth-order valence-corrected chi connectivity index (χ4v) is 1.59. The number of carbonyl (C=O) groups is 1. The van der Waals surface area contributed by atoms with E-state index >= 15 is 0 Å². The number of nitrogens with one attached hydrogen (secondary N) is 2. The zero-order chi connectivity index (χ0) is 14.9. The number of aromatic nitrogens is 3. The van der Waals surface area contributed by atoms with Crippen LogP contribution >= 0.6 is 0 Å². The number of pyridine rings is 1. The van der Waals surface area contributed by atoms with Crippen molar-refractivity contribution in [2.75, 3.05) is 25.6 Å². The van der Waals surface area contributed by atoms with Crippen LogP contribution in [0.1, 0.15) is 16.2 Å². The quantitative estimate of drug-likeness (QED) is 0.734. The monoisotopic (exact) mass is 287 g/mol. The average molecular weight is 287 g/mol. The van der Waals surface area contributed by atoms with Crippen molar-refractivity contribution in [3.05, 3.63) is 47.9 Å². The second-order valence-electron chi connectivity index (χ2n) is 4.23. The van der Waals surface area contributed by atoms with Crippen molar-refractivity contribution in [2.24, 2.45) is 0 Å². The van der Waals surface area contributed by atoms with Crippen molar-refractivity contribution in [3.63, 3.8) is 0 Å². The number of anilines is 1. The molecule has 2 heterocycles. The Labute approximate surface area is 122 Å². The van der Waals surface area contributed by atoms with Gasteiger partial charge in [0.05, 0.1) is 18.8 Å². The first-order valence-corrected chi connectivity index (χ1v) is 6.54. The number of ether oxygens (including phenoxy) is 1. The van der Waals surface area contributed by atoms with E-state index in [2.05, 4.69) is 25.8 Å². The van der Waals surface area contributed by atoms with Gasteiger partial charge in [0.15, 0.2) is 5.69 Å². The Balaban J connectivity index is 1.85. The van der Waals surface area contributed by atoms with E-state index < -0.39 is 0 Å². The van der Waals surface area contributed by atoms with Gasteiger partial charge >= 0.3 is 0 Å². The highest BCUT2D eigenvalue weighted by molar-refractivity contribution is 5.92. The van der Waals surface area contributed by atoms with Gasteiger partial charge in [-0.1, -0.05) is 6.07 Å². The van der Waals surface area contributed by atoms with E-state index in [0.717, 1.165) is 5.69 Å². The molecule has 0 radical (unpaired) electrons. The van der Waals surface area contributed by atoms with Gasteiger partial charge in [-0.25, -0.2) is 0 Å². The minimum atomic E-state index is -0.281. The molecule has 110 valence electrons. The van der Waals surface area contributed by atoms with E-state index in [1.165, 1.54) is 0 Å². The molecule has 0 aliphatic rings. The first-order chi connectivity index (χ1) is 10.3. The third kappa shape index (κ3) is 4.81. The van der Waals surface area contributed by atoms with Crippen LogP contribution in [-0.4, -0.2) is 41.3 Å². The molecule has 0 saturated heterocycles. The number of carbonyl (C=O) groups excluding carboxylic acids is 1. The van der Waals surface area contributed by atoms with E-state index in [-0.39, 0.29) is 11.6 Å². The smallest absolute Gasteiger partial charge is 0.272 e. The van der Waals surface area contributed by atoms with Crippen LogP contribution in [0.25, 0.3) is 0 Å². The molecule has 2 aromatic heterocycles. The lowest BCUT2D eigenvalue weighted by molar-refractivity contribution is 0.0944. The molecule has 0 aliphatic heterocycles. The minimum absolute atomic E-state index is 0.267. The highest BCUT2D eigenvalue weighted by Gasteiger charge is 2.08. The summed E-state index contributed by atoms with van der Waals surface area (Å²) in [6.07, 6.45) is 1.68. The van der Waals surface area contributed by atoms with Gasteiger partial charge in [0.1, 0.15) is 5.82 Å². The number of rotatable bonds is 7. The number of methoxy groups -OCH3 is 1. The Morgan fingerprint density at radius 2 is 2.14 bits per heavy atom. The van der Waals surface area contributed by atoms with Gasteiger partial charge in [0.2, 0.25) is 0 Å². The second-order valence-corrected chi connectivity index (χ2v) is 4.23. The van der Waals surface area contributed by atoms with Gasteiger partial charge in [-0.05, 0) is 24.3 Å². The summed E-state index contributed by atoms with van der Waals surface area (Å²) >= 11 is 0. The van der Waals surface area contributed by atoms with Gasteiger partial charge in [-0.15, -0.1) is 10.2 Å². The molecule has 0 spiro atoms. The molecule has 0 unspecified atom stereocenters. The van der Waals surface area contributed by atoms with Crippen molar-refractivity contribution in [3.8, 4) is 0 Å². The second kappa shape index (κ2) is 7.91. The van der Waals surface area contributed by atoms with Crippen LogP contribution in [0.15, 0.2) is 36.5 Å². The predicted octanol–water partition coefficient (Wildman–Crippen LogP) is 0.860. The molecule has 1 amide bonds. The van der Waals surface area contributed by atoms with E-state index in [0.29, 0.717) is 25.5 Å². The third-order valence-corrected chi connectivity index (χ3v) is 2.67. The molecule has 0 aromatic carbocycles. The molecule has 0 atom stereocenters. The van der Waals surface area contributed by atoms with Crippen LogP contribution in [0.5, 0.6) is 0 Å².